The zero-order valence-electron chi connectivity index (χ0n) is 15.2. The summed E-state index contributed by atoms with van der Waals surface area (Å²) in [5.41, 5.74) is 1.24. The van der Waals surface area contributed by atoms with Gasteiger partial charge in [0, 0.05) is 21.8 Å². The van der Waals surface area contributed by atoms with Gasteiger partial charge in [0.1, 0.15) is 0 Å². The molecule has 0 atom stereocenters. The fraction of sp³-hybridized carbons (Fsp3) is 0.250. The standard InChI is InChI=1S/C20H21NO4S2/c1-26-15-9-7-14(8-10-15)17(22)11-12-20(24)25-13-19(23)21-16-5-3-4-6-18(16)27-2/h3-10H,11-13H2,1-2H3,(H,21,23). The molecule has 1 amide bonds. The van der Waals surface area contributed by atoms with Crippen LogP contribution in [0.25, 0.3) is 0 Å². The Morgan fingerprint density at radius 3 is 2.30 bits per heavy atom. The molecule has 0 aliphatic rings. The van der Waals surface area contributed by atoms with E-state index in [0.717, 1.165) is 9.79 Å². The number of anilines is 1. The van der Waals surface area contributed by atoms with E-state index < -0.39 is 11.9 Å². The Morgan fingerprint density at radius 2 is 1.63 bits per heavy atom. The number of ether oxygens (including phenoxy) is 1. The molecule has 7 heteroatoms. The molecule has 0 heterocycles. The van der Waals surface area contributed by atoms with Gasteiger partial charge in [-0.1, -0.05) is 24.3 Å². The van der Waals surface area contributed by atoms with Crippen molar-refractivity contribution in [3.05, 3.63) is 54.1 Å². The second kappa shape index (κ2) is 10.8. The summed E-state index contributed by atoms with van der Waals surface area (Å²) in [5, 5.41) is 2.71. The Hall–Kier alpha value is -2.25. The molecule has 0 aromatic heterocycles. The van der Waals surface area contributed by atoms with Crippen LogP contribution >= 0.6 is 23.5 Å². The predicted molar refractivity (Wildman–Crippen MR) is 110 cm³/mol. The molecule has 0 aliphatic carbocycles. The third-order valence-corrected chi connectivity index (χ3v) is 5.25. The molecule has 2 rings (SSSR count). The van der Waals surface area contributed by atoms with Crippen molar-refractivity contribution >= 4 is 46.9 Å². The van der Waals surface area contributed by atoms with Gasteiger partial charge in [0.05, 0.1) is 12.1 Å². The Kier molecular flexibility index (Phi) is 8.42. The highest BCUT2D eigenvalue weighted by molar-refractivity contribution is 7.99. The van der Waals surface area contributed by atoms with E-state index in [1.807, 2.05) is 42.8 Å². The Morgan fingerprint density at radius 1 is 0.926 bits per heavy atom. The van der Waals surface area contributed by atoms with Gasteiger partial charge >= 0.3 is 5.97 Å². The summed E-state index contributed by atoms with van der Waals surface area (Å²) in [5.74, 6) is -1.11. The zero-order chi connectivity index (χ0) is 19.6. The van der Waals surface area contributed by atoms with Gasteiger partial charge in [0.25, 0.3) is 5.91 Å². The quantitative estimate of drug-likeness (QED) is 0.383. The lowest BCUT2D eigenvalue weighted by Gasteiger charge is -2.09. The van der Waals surface area contributed by atoms with Crippen molar-refractivity contribution in [1.82, 2.24) is 0 Å². The summed E-state index contributed by atoms with van der Waals surface area (Å²) in [6, 6.07) is 14.6. The van der Waals surface area contributed by atoms with Crippen LogP contribution < -0.4 is 5.32 Å². The maximum Gasteiger partial charge on any atom is 0.306 e. The van der Waals surface area contributed by atoms with Crippen molar-refractivity contribution in [2.24, 2.45) is 0 Å². The van der Waals surface area contributed by atoms with Gasteiger partial charge in [-0.2, -0.15) is 0 Å². The van der Waals surface area contributed by atoms with Gasteiger partial charge in [0.2, 0.25) is 0 Å². The fourth-order valence-electron chi connectivity index (χ4n) is 2.29. The fourth-order valence-corrected chi connectivity index (χ4v) is 3.25. The maximum atomic E-state index is 12.1. The van der Waals surface area contributed by atoms with Crippen LogP contribution in [-0.2, 0) is 14.3 Å². The highest BCUT2D eigenvalue weighted by atomic mass is 32.2. The third-order valence-electron chi connectivity index (χ3n) is 3.71. The lowest BCUT2D eigenvalue weighted by atomic mass is 10.1. The molecule has 0 bridgehead atoms. The number of nitrogens with one attached hydrogen (secondary N) is 1. The molecule has 2 aromatic rings. The molecular weight excluding hydrogens is 382 g/mol. The van der Waals surface area contributed by atoms with Crippen LogP contribution in [-0.4, -0.2) is 36.8 Å². The minimum Gasteiger partial charge on any atom is -0.456 e. The number of esters is 1. The first kappa shape index (κ1) is 21.1. The average Bonchev–Trinajstić information content (AvgIpc) is 2.71. The van der Waals surface area contributed by atoms with Crippen molar-refractivity contribution in [3.8, 4) is 0 Å². The number of hydrogen-bond acceptors (Lipinski definition) is 6. The largest absolute Gasteiger partial charge is 0.456 e. The minimum atomic E-state index is -0.572. The molecule has 0 saturated heterocycles. The third kappa shape index (κ3) is 6.77. The molecule has 27 heavy (non-hydrogen) atoms. The molecule has 0 radical (unpaired) electrons. The van der Waals surface area contributed by atoms with Crippen LogP contribution in [0.4, 0.5) is 5.69 Å². The second-order valence-electron chi connectivity index (χ2n) is 5.56. The first-order chi connectivity index (χ1) is 13.0. The first-order valence-electron chi connectivity index (χ1n) is 8.29. The van der Waals surface area contributed by atoms with Crippen LogP contribution in [0.1, 0.15) is 23.2 Å². The number of carbonyl (C=O) groups is 3. The second-order valence-corrected chi connectivity index (χ2v) is 7.29. The van der Waals surface area contributed by atoms with E-state index in [1.165, 1.54) is 11.8 Å². The number of hydrogen-bond donors (Lipinski definition) is 1. The van der Waals surface area contributed by atoms with Crippen LogP contribution in [0, 0.1) is 0 Å². The van der Waals surface area contributed by atoms with E-state index in [-0.39, 0.29) is 25.2 Å². The molecule has 0 unspecified atom stereocenters. The first-order valence-corrected chi connectivity index (χ1v) is 10.7. The number of thioether (sulfide) groups is 2. The van der Waals surface area contributed by atoms with Gasteiger partial charge in [-0.15, -0.1) is 23.5 Å². The van der Waals surface area contributed by atoms with Gasteiger partial charge in [-0.05, 0) is 36.8 Å². The van der Waals surface area contributed by atoms with Crippen LogP contribution in [0.5, 0.6) is 0 Å². The molecule has 0 fully saturated rings. The molecule has 0 saturated carbocycles. The number of carbonyl (C=O) groups excluding carboxylic acids is 3. The maximum absolute atomic E-state index is 12.1. The highest BCUT2D eigenvalue weighted by Crippen LogP contribution is 2.24. The van der Waals surface area contributed by atoms with E-state index in [0.29, 0.717) is 11.3 Å². The SMILES string of the molecule is CSc1ccc(C(=O)CCC(=O)OCC(=O)Nc2ccccc2SC)cc1. The average molecular weight is 404 g/mol. The van der Waals surface area contributed by atoms with Gasteiger partial charge < -0.3 is 10.1 Å². The topological polar surface area (TPSA) is 72.5 Å². The molecule has 2 aromatic carbocycles. The number of rotatable bonds is 9. The summed E-state index contributed by atoms with van der Waals surface area (Å²) in [6.07, 6.45) is 3.87. The van der Waals surface area contributed by atoms with E-state index >= 15 is 0 Å². The zero-order valence-corrected chi connectivity index (χ0v) is 16.8. The number of Topliss-reactive ketones (excluding diaryl/α,β-unsaturated/α-hetero) is 1. The van der Waals surface area contributed by atoms with Crippen molar-refractivity contribution in [1.29, 1.82) is 0 Å². The Labute approximate surface area is 167 Å². The van der Waals surface area contributed by atoms with E-state index in [2.05, 4.69) is 5.32 Å². The molecule has 142 valence electrons. The monoisotopic (exact) mass is 403 g/mol. The van der Waals surface area contributed by atoms with Gasteiger partial charge in [-0.3, -0.25) is 14.4 Å². The minimum absolute atomic E-state index is 0.0500. The Bertz CT molecular complexity index is 806. The normalized spacial score (nSPS) is 10.3. The number of para-hydroxylation sites is 1. The summed E-state index contributed by atoms with van der Waals surface area (Å²) >= 11 is 3.11. The van der Waals surface area contributed by atoms with Gasteiger partial charge in [0.15, 0.2) is 12.4 Å². The Balaban J connectivity index is 1.75. The van der Waals surface area contributed by atoms with Crippen molar-refractivity contribution in [3.63, 3.8) is 0 Å². The van der Waals surface area contributed by atoms with Crippen LogP contribution in [0.2, 0.25) is 0 Å². The molecular formula is C20H21NO4S2. The van der Waals surface area contributed by atoms with Gasteiger partial charge in [-0.25, -0.2) is 0 Å². The summed E-state index contributed by atoms with van der Waals surface area (Å²) < 4.78 is 4.96. The van der Waals surface area contributed by atoms with E-state index in [4.69, 9.17) is 4.74 Å². The van der Waals surface area contributed by atoms with Crippen molar-refractivity contribution < 1.29 is 19.1 Å². The predicted octanol–water partition coefficient (Wildman–Crippen LogP) is 4.28. The summed E-state index contributed by atoms with van der Waals surface area (Å²) in [4.78, 5) is 37.8. The molecule has 0 spiro atoms. The van der Waals surface area contributed by atoms with E-state index in [9.17, 15) is 14.4 Å². The molecule has 0 aliphatic heterocycles. The van der Waals surface area contributed by atoms with Crippen molar-refractivity contribution in [2.75, 3.05) is 24.4 Å². The molecule has 5 nitrogen and oxygen atoms in total. The lowest BCUT2D eigenvalue weighted by Crippen LogP contribution is -2.21. The number of amides is 1. The van der Waals surface area contributed by atoms with E-state index in [1.54, 1.807) is 30.0 Å². The number of benzene rings is 2. The lowest BCUT2D eigenvalue weighted by molar-refractivity contribution is -0.147. The van der Waals surface area contributed by atoms with Crippen molar-refractivity contribution in [2.45, 2.75) is 22.6 Å². The summed E-state index contributed by atoms with van der Waals surface area (Å²) in [6.45, 7) is -0.377. The molecule has 1 N–H and O–H groups in total. The highest BCUT2D eigenvalue weighted by Gasteiger charge is 2.13. The van der Waals surface area contributed by atoms with Crippen LogP contribution in [0.15, 0.2) is 58.3 Å². The number of ketones is 1. The smallest absolute Gasteiger partial charge is 0.306 e. The summed E-state index contributed by atoms with van der Waals surface area (Å²) in [7, 11) is 0. The van der Waals surface area contributed by atoms with Crippen LogP contribution in [0.3, 0.4) is 0 Å².